The summed E-state index contributed by atoms with van der Waals surface area (Å²) in [6, 6.07) is 0. The van der Waals surface area contributed by atoms with Crippen molar-refractivity contribution in [2.24, 2.45) is 16.7 Å². The summed E-state index contributed by atoms with van der Waals surface area (Å²) in [5.41, 5.74) is 1.19. The average Bonchev–Trinajstić information content (AvgIpc) is 2.33. The van der Waals surface area contributed by atoms with Crippen molar-refractivity contribution in [3.05, 3.63) is 0 Å². The van der Waals surface area contributed by atoms with Gasteiger partial charge in [-0.05, 0) is 42.4 Å². The Morgan fingerprint density at radius 1 is 0.579 bits per heavy atom. The van der Waals surface area contributed by atoms with Crippen LogP contribution in [-0.4, -0.2) is 0 Å². The number of rotatable bonds is 1. The molecule has 0 heteroatoms. The lowest BCUT2D eigenvalue weighted by molar-refractivity contribution is 0.168. The zero-order valence-corrected chi connectivity index (χ0v) is 14.4. The van der Waals surface area contributed by atoms with Crippen LogP contribution in [0.3, 0.4) is 0 Å². The molecule has 0 aromatic heterocycles. The average molecular weight is 267 g/mol. The summed E-state index contributed by atoms with van der Waals surface area (Å²) in [6.07, 6.45) is 15.9. The van der Waals surface area contributed by atoms with E-state index in [9.17, 15) is 0 Å². The van der Waals surface area contributed by atoms with Gasteiger partial charge in [-0.15, -0.1) is 0 Å². The molecule has 1 saturated carbocycles. The minimum absolute atomic E-state index is 0.593. The molecule has 1 fully saturated rings. The van der Waals surface area contributed by atoms with Gasteiger partial charge >= 0.3 is 0 Å². The maximum atomic E-state index is 2.54. The number of hydrogen-bond acceptors (Lipinski definition) is 0. The molecular weight excluding hydrogens is 228 g/mol. The van der Waals surface area contributed by atoms with Crippen LogP contribution >= 0.6 is 0 Å². The maximum Gasteiger partial charge on any atom is -0.0303 e. The topological polar surface area (TPSA) is 0 Å². The molecule has 0 nitrogen and oxygen atoms in total. The van der Waals surface area contributed by atoms with E-state index < -0.39 is 0 Å². The van der Waals surface area contributed by atoms with Crippen LogP contribution in [0.25, 0.3) is 0 Å². The minimum atomic E-state index is 0.593. The Balaban J connectivity index is 2.52. The minimum Gasteiger partial charge on any atom is -0.0623 e. The van der Waals surface area contributed by atoms with E-state index in [1.807, 2.05) is 0 Å². The number of hydrogen-bond donors (Lipinski definition) is 0. The zero-order chi connectivity index (χ0) is 14.4. The van der Waals surface area contributed by atoms with Crippen molar-refractivity contribution in [3.63, 3.8) is 0 Å². The van der Waals surface area contributed by atoms with Gasteiger partial charge in [0.25, 0.3) is 0 Å². The first-order valence-corrected chi connectivity index (χ1v) is 8.86. The van der Waals surface area contributed by atoms with E-state index in [0.717, 1.165) is 5.92 Å². The Morgan fingerprint density at radius 2 is 0.947 bits per heavy atom. The fourth-order valence-corrected chi connectivity index (χ4v) is 3.62. The van der Waals surface area contributed by atoms with E-state index >= 15 is 0 Å². The first kappa shape index (κ1) is 17.1. The first-order chi connectivity index (χ1) is 8.86. The Hall–Kier alpha value is 0. The van der Waals surface area contributed by atoms with Gasteiger partial charge in [0.05, 0.1) is 0 Å². The fraction of sp³-hybridized carbons (Fsp3) is 1.00. The molecule has 0 heterocycles. The molecule has 0 N–H and O–H groups in total. The van der Waals surface area contributed by atoms with E-state index in [2.05, 4.69) is 34.6 Å². The maximum absolute atomic E-state index is 2.54. The van der Waals surface area contributed by atoms with Crippen LogP contribution in [0.1, 0.15) is 105 Å². The molecule has 1 unspecified atom stereocenters. The Labute approximate surface area is 122 Å². The molecule has 1 aliphatic carbocycles. The smallest absolute Gasteiger partial charge is 0.0303 e. The second-order valence-electron chi connectivity index (χ2n) is 8.45. The Bertz CT molecular complexity index is 238. The van der Waals surface area contributed by atoms with Crippen molar-refractivity contribution >= 4 is 0 Å². The summed E-state index contributed by atoms with van der Waals surface area (Å²) in [5.74, 6) is 0.842. The van der Waals surface area contributed by atoms with Crippen molar-refractivity contribution in [2.75, 3.05) is 0 Å². The molecule has 0 aromatic rings. The Kier molecular flexibility index (Phi) is 6.91. The van der Waals surface area contributed by atoms with Crippen molar-refractivity contribution in [1.82, 2.24) is 0 Å². The third-order valence-electron chi connectivity index (χ3n) is 5.85. The molecule has 1 aliphatic rings. The van der Waals surface area contributed by atoms with Gasteiger partial charge < -0.3 is 0 Å². The van der Waals surface area contributed by atoms with E-state index in [1.165, 1.54) is 70.6 Å². The van der Waals surface area contributed by atoms with E-state index in [0.29, 0.717) is 10.8 Å². The van der Waals surface area contributed by atoms with Crippen molar-refractivity contribution in [3.8, 4) is 0 Å². The lowest BCUT2D eigenvalue weighted by Crippen LogP contribution is -2.23. The molecule has 0 bridgehead atoms. The predicted octanol–water partition coefficient (Wildman–Crippen LogP) is 6.98. The highest BCUT2D eigenvalue weighted by Gasteiger charge is 2.27. The van der Waals surface area contributed by atoms with Crippen molar-refractivity contribution in [2.45, 2.75) is 105 Å². The molecule has 1 rings (SSSR count). The molecular formula is C19H38. The summed E-state index contributed by atoms with van der Waals surface area (Å²) in [6.45, 7) is 12.4. The molecule has 0 amide bonds. The molecule has 0 spiro atoms. The molecule has 0 saturated heterocycles. The van der Waals surface area contributed by atoms with Crippen LogP contribution in [-0.2, 0) is 0 Å². The largest absolute Gasteiger partial charge is 0.0623 e. The molecule has 0 aromatic carbocycles. The standard InChI is InChI=1S/C19H38/c1-17(2)19(5)15-11-7-6-9-13-18(3,4)14-10-8-12-16-19/h17H,6-16H2,1-5H3. The molecule has 0 radical (unpaired) electrons. The van der Waals surface area contributed by atoms with Crippen LogP contribution < -0.4 is 0 Å². The van der Waals surface area contributed by atoms with E-state index in [1.54, 1.807) is 0 Å². The molecule has 1 atom stereocenters. The van der Waals surface area contributed by atoms with Gasteiger partial charge in [-0.3, -0.25) is 0 Å². The SMILES string of the molecule is CC(C)C1(C)CCCCCCC(C)(C)CCCCC1. The van der Waals surface area contributed by atoms with E-state index in [-0.39, 0.29) is 0 Å². The third kappa shape index (κ3) is 6.32. The van der Waals surface area contributed by atoms with Crippen molar-refractivity contribution < 1.29 is 0 Å². The summed E-state index contributed by atoms with van der Waals surface area (Å²) >= 11 is 0. The Morgan fingerprint density at radius 3 is 1.37 bits per heavy atom. The van der Waals surface area contributed by atoms with Crippen LogP contribution in [0, 0.1) is 16.7 Å². The lowest BCUT2D eigenvalue weighted by atomic mass is 9.71. The van der Waals surface area contributed by atoms with Crippen LogP contribution in [0.2, 0.25) is 0 Å². The quantitative estimate of drug-likeness (QED) is 0.480. The van der Waals surface area contributed by atoms with Gasteiger partial charge in [0.1, 0.15) is 0 Å². The zero-order valence-electron chi connectivity index (χ0n) is 14.4. The van der Waals surface area contributed by atoms with Crippen molar-refractivity contribution in [1.29, 1.82) is 0 Å². The lowest BCUT2D eigenvalue weighted by Gasteiger charge is -2.34. The van der Waals surface area contributed by atoms with Gasteiger partial charge in [0.2, 0.25) is 0 Å². The van der Waals surface area contributed by atoms with Gasteiger partial charge in [-0.25, -0.2) is 0 Å². The summed E-state index contributed by atoms with van der Waals surface area (Å²) < 4.78 is 0. The molecule has 0 aliphatic heterocycles. The predicted molar refractivity (Wildman–Crippen MR) is 87.5 cm³/mol. The second kappa shape index (κ2) is 7.70. The first-order valence-electron chi connectivity index (χ1n) is 8.86. The summed E-state index contributed by atoms with van der Waals surface area (Å²) in [7, 11) is 0. The van der Waals surface area contributed by atoms with Gasteiger partial charge in [0, 0.05) is 0 Å². The highest BCUT2D eigenvalue weighted by molar-refractivity contribution is 4.78. The monoisotopic (exact) mass is 266 g/mol. The normalized spacial score (nSPS) is 31.3. The summed E-state index contributed by atoms with van der Waals surface area (Å²) in [4.78, 5) is 0. The van der Waals surface area contributed by atoms with Gasteiger partial charge in [0.15, 0.2) is 0 Å². The van der Waals surface area contributed by atoms with Crippen LogP contribution in [0.4, 0.5) is 0 Å². The third-order valence-corrected chi connectivity index (χ3v) is 5.85. The van der Waals surface area contributed by atoms with Gasteiger partial charge in [-0.1, -0.05) is 79.6 Å². The molecule has 114 valence electrons. The van der Waals surface area contributed by atoms with Crippen LogP contribution in [0.15, 0.2) is 0 Å². The van der Waals surface area contributed by atoms with E-state index in [4.69, 9.17) is 0 Å². The molecule has 19 heavy (non-hydrogen) atoms. The summed E-state index contributed by atoms with van der Waals surface area (Å²) in [5, 5.41) is 0. The fourth-order valence-electron chi connectivity index (χ4n) is 3.62. The highest BCUT2D eigenvalue weighted by Crippen LogP contribution is 2.39. The second-order valence-corrected chi connectivity index (χ2v) is 8.45. The van der Waals surface area contributed by atoms with Crippen LogP contribution in [0.5, 0.6) is 0 Å². The highest BCUT2D eigenvalue weighted by atomic mass is 14.3. The van der Waals surface area contributed by atoms with Gasteiger partial charge in [-0.2, -0.15) is 0 Å².